The van der Waals surface area contributed by atoms with Gasteiger partial charge in [0.05, 0.1) is 38.2 Å². The molecule has 148 valence electrons. The van der Waals surface area contributed by atoms with Crippen LogP contribution in [-0.2, 0) is 9.47 Å². The summed E-state index contributed by atoms with van der Waals surface area (Å²) in [6.45, 7) is 9.05. The minimum Gasteiger partial charge on any atom is -0.377 e. The zero-order valence-electron chi connectivity index (χ0n) is 16.0. The maximum Gasteiger partial charge on any atom is 0.155 e. The second-order valence-electron chi connectivity index (χ2n) is 7.24. The van der Waals surface area contributed by atoms with Crippen molar-refractivity contribution in [1.29, 1.82) is 0 Å². The van der Waals surface area contributed by atoms with Gasteiger partial charge in [0, 0.05) is 36.8 Å². The van der Waals surface area contributed by atoms with Gasteiger partial charge in [-0.2, -0.15) is 0 Å². The largest absolute Gasteiger partial charge is 0.377 e. The van der Waals surface area contributed by atoms with Gasteiger partial charge in [0.25, 0.3) is 0 Å². The fourth-order valence-corrected chi connectivity index (χ4v) is 5.46. The molecular weight excluding hydrogens is 394 g/mol. The fraction of sp³-hybridized carbons (Fsp3) is 0.526. The Bertz CT molecular complexity index is 961. The summed E-state index contributed by atoms with van der Waals surface area (Å²) < 4.78 is 11.3. The Kier molecular flexibility index (Phi) is 4.92. The number of fused-ring (bicyclic) bond motifs is 1. The normalized spacial score (nSPS) is 23.5. The van der Waals surface area contributed by atoms with Crippen LogP contribution in [-0.4, -0.2) is 66.6 Å². The van der Waals surface area contributed by atoms with Crippen molar-refractivity contribution >= 4 is 44.5 Å². The number of nitrogens with zero attached hydrogens (tertiary/aromatic N) is 5. The van der Waals surface area contributed by atoms with E-state index in [1.807, 2.05) is 11.6 Å². The molecule has 0 aromatic carbocycles. The van der Waals surface area contributed by atoms with Crippen molar-refractivity contribution in [2.45, 2.75) is 25.9 Å². The van der Waals surface area contributed by atoms with E-state index < -0.39 is 0 Å². The van der Waals surface area contributed by atoms with Crippen LogP contribution in [0.4, 0.5) is 11.5 Å². The predicted molar refractivity (Wildman–Crippen MR) is 114 cm³/mol. The molecule has 2 atom stereocenters. The number of thiazole rings is 2. The average molecular weight is 418 g/mol. The molecule has 5 heterocycles. The summed E-state index contributed by atoms with van der Waals surface area (Å²) in [5.74, 6) is 1.01. The summed E-state index contributed by atoms with van der Waals surface area (Å²) in [5, 5.41) is 3.87. The Hall–Kier alpha value is -1.81. The number of hydrogen-bond acceptors (Lipinski definition) is 9. The van der Waals surface area contributed by atoms with Gasteiger partial charge >= 0.3 is 0 Å². The molecule has 2 aliphatic heterocycles. The zero-order chi connectivity index (χ0) is 19.1. The van der Waals surface area contributed by atoms with Crippen molar-refractivity contribution in [3.63, 3.8) is 0 Å². The van der Waals surface area contributed by atoms with E-state index in [4.69, 9.17) is 19.4 Å². The van der Waals surface area contributed by atoms with E-state index in [-0.39, 0.29) is 0 Å². The number of pyridine rings is 1. The maximum atomic E-state index is 5.66. The molecule has 0 saturated carbocycles. The van der Waals surface area contributed by atoms with E-state index >= 15 is 0 Å². The van der Waals surface area contributed by atoms with Gasteiger partial charge in [-0.25, -0.2) is 15.0 Å². The molecular formula is C19H23N5O2S2. The van der Waals surface area contributed by atoms with Crippen LogP contribution in [0.2, 0.25) is 0 Å². The molecule has 0 N–H and O–H groups in total. The molecule has 7 nitrogen and oxygen atoms in total. The number of anilines is 2. The monoisotopic (exact) mass is 417 g/mol. The van der Waals surface area contributed by atoms with Gasteiger partial charge in [0.15, 0.2) is 10.0 Å². The van der Waals surface area contributed by atoms with E-state index in [9.17, 15) is 0 Å². The second kappa shape index (κ2) is 7.55. The molecule has 9 heteroatoms. The topological polar surface area (TPSA) is 63.6 Å². The van der Waals surface area contributed by atoms with Crippen molar-refractivity contribution in [2.75, 3.05) is 49.3 Å². The molecule has 0 radical (unpaired) electrons. The van der Waals surface area contributed by atoms with Crippen LogP contribution in [0.15, 0.2) is 17.6 Å². The minimum absolute atomic E-state index is 0.305. The SMILES string of the molecule is C[C@@H]1COCCN1c1cc(N2CCOC[C@@H]2C)nc2sc(-c3nccs3)nc12. The van der Waals surface area contributed by atoms with Gasteiger partial charge in [-0.05, 0) is 13.8 Å². The highest BCUT2D eigenvalue weighted by atomic mass is 32.1. The molecule has 0 unspecified atom stereocenters. The molecule has 2 saturated heterocycles. The van der Waals surface area contributed by atoms with Crippen LogP contribution in [0.25, 0.3) is 20.4 Å². The summed E-state index contributed by atoms with van der Waals surface area (Å²) in [4.78, 5) is 20.1. The van der Waals surface area contributed by atoms with E-state index in [1.54, 1.807) is 22.7 Å². The zero-order valence-corrected chi connectivity index (χ0v) is 17.6. The van der Waals surface area contributed by atoms with Gasteiger partial charge in [-0.3, -0.25) is 0 Å². The number of aromatic nitrogens is 3. The smallest absolute Gasteiger partial charge is 0.155 e. The van der Waals surface area contributed by atoms with Crippen molar-refractivity contribution in [2.24, 2.45) is 0 Å². The molecule has 5 rings (SSSR count). The highest BCUT2D eigenvalue weighted by Crippen LogP contribution is 2.38. The van der Waals surface area contributed by atoms with Gasteiger partial charge in [0.1, 0.15) is 16.2 Å². The average Bonchev–Trinajstić information content (AvgIpc) is 3.37. The Morgan fingerprint density at radius 2 is 1.75 bits per heavy atom. The first-order chi connectivity index (χ1) is 13.7. The Morgan fingerprint density at radius 1 is 1.00 bits per heavy atom. The van der Waals surface area contributed by atoms with Crippen molar-refractivity contribution < 1.29 is 9.47 Å². The molecule has 2 aliphatic rings. The minimum atomic E-state index is 0.305. The molecule has 2 fully saturated rings. The highest BCUT2D eigenvalue weighted by molar-refractivity contribution is 7.24. The van der Waals surface area contributed by atoms with Gasteiger partial charge < -0.3 is 19.3 Å². The lowest BCUT2D eigenvalue weighted by Crippen LogP contribution is -2.45. The van der Waals surface area contributed by atoms with E-state index in [2.05, 4.69) is 34.7 Å². The van der Waals surface area contributed by atoms with Crippen LogP contribution in [0.3, 0.4) is 0 Å². The quantitative estimate of drug-likeness (QED) is 0.648. The summed E-state index contributed by atoms with van der Waals surface area (Å²) >= 11 is 3.24. The standard InChI is InChI=1S/C19H23N5O2S2/c1-12-10-25-6-4-23(12)14-9-15(24-5-7-26-11-13(24)2)21-17-16(14)22-19(28-17)18-20-3-8-27-18/h3,8-9,12-13H,4-7,10-11H2,1-2H3/t12-,13+/m1/s1. The van der Waals surface area contributed by atoms with Crippen LogP contribution < -0.4 is 9.80 Å². The van der Waals surface area contributed by atoms with Crippen molar-refractivity contribution in [3.05, 3.63) is 17.6 Å². The molecule has 0 amide bonds. The molecule has 3 aromatic heterocycles. The molecule has 0 spiro atoms. The number of morpholine rings is 2. The van der Waals surface area contributed by atoms with Crippen LogP contribution in [0.5, 0.6) is 0 Å². The molecule has 3 aromatic rings. The number of hydrogen-bond donors (Lipinski definition) is 0. The van der Waals surface area contributed by atoms with Crippen LogP contribution in [0, 0.1) is 0 Å². The molecule has 0 bridgehead atoms. The van der Waals surface area contributed by atoms with Crippen molar-refractivity contribution in [3.8, 4) is 10.0 Å². The summed E-state index contributed by atoms with van der Waals surface area (Å²) in [6.07, 6.45) is 1.82. The lowest BCUT2D eigenvalue weighted by molar-refractivity contribution is 0.0981. The summed E-state index contributed by atoms with van der Waals surface area (Å²) in [5.41, 5.74) is 2.11. The van der Waals surface area contributed by atoms with E-state index in [0.717, 1.165) is 71.4 Å². The first kappa shape index (κ1) is 18.2. The van der Waals surface area contributed by atoms with Gasteiger partial charge in [0.2, 0.25) is 0 Å². The predicted octanol–water partition coefficient (Wildman–Crippen LogP) is 3.27. The van der Waals surface area contributed by atoms with Gasteiger partial charge in [-0.15, -0.1) is 11.3 Å². The lowest BCUT2D eigenvalue weighted by Gasteiger charge is -2.37. The lowest BCUT2D eigenvalue weighted by atomic mass is 10.2. The maximum absolute atomic E-state index is 5.66. The Labute approximate surface area is 171 Å². The Balaban J connectivity index is 1.65. The Morgan fingerprint density at radius 3 is 2.43 bits per heavy atom. The fourth-order valence-electron chi connectivity index (χ4n) is 3.82. The third kappa shape index (κ3) is 3.26. The van der Waals surface area contributed by atoms with Crippen LogP contribution >= 0.6 is 22.7 Å². The highest BCUT2D eigenvalue weighted by Gasteiger charge is 2.27. The van der Waals surface area contributed by atoms with E-state index in [1.165, 1.54) is 0 Å². The molecule has 0 aliphatic carbocycles. The van der Waals surface area contributed by atoms with Crippen LogP contribution in [0.1, 0.15) is 13.8 Å². The summed E-state index contributed by atoms with van der Waals surface area (Å²) in [6, 6.07) is 2.82. The third-order valence-corrected chi connectivity index (χ3v) is 7.15. The van der Waals surface area contributed by atoms with Gasteiger partial charge in [-0.1, -0.05) is 11.3 Å². The van der Waals surface area contributed by atoms with Crippen molar-refractivity contribution in [1.82, 2.24) is 15.0 Å². The molecule has 28 heavy (non-hydrogen) atoms. The first-order valence-corrected chi connectivity index (χ1v) is 11.3. The second-order valence-corrected chi connectivity index (χ2v) is 9.12. The number of rotatable bonds is 3. The summed E-state index contributed by atoms with van der Waals surface area (Å²) in [7, 11) is 0. The van der Waals surface area contributed by atoms with E-state index in [0.29, 0.717) is 12.1 Å². The first-order valence-electron chi connectivity index (χ1n) is 9.61. The third-order valence-electron chi connectivity index (χ3n) is 5.29. The number of ether oxygens (including phenoxy) is 2.